The van der Waals surface area contributed by atoms with Gasteiger partial charge in [-0.05, 0) is 12.8 Å². The highest BCUT2D eigenvalue weighted by molar-refractivity contribution is 5.80. The van der Waals surface area contributed by atoms with Gasteiger partial charge in [-0.15, -0.1) is 0 Å². The second-order valence-corrected chi connectivity index (χ2v) is 6.46. The third-order valence-corrected chi connectivity index (χ3v) is 3.86. The van der Waals surface area contributed by atoms with Gasteiger partial charge < -0.3 is 29.4 Å². The maximum Gasteiger partial charge on any atom is 0.303 e. The molecule has 0 saturated carbocycles. The van der Waals surface area contributed by atoms with Crippen LogP contribution >= 0.6 is 0 Å². The lowest BCUT2D eigenvalue weighted by Crippen LogP contribution is -2.25. The Labute approximate surface area is 169 Å². The highest BCUT2D eigenvalue weighted by Crippen LogP contribution is 2.02. The molecule has 28 heavy (non-hydrogen) atoms. The number of carboxylic acid groups (broad SMARTS) is 1. The molecular formula is C20H39NO7. The highest BCUT2D eigenvalue weighted by Gasteiger charge is 2.04. The Kier molecular flexibility index (Phi) is 21.1. The van der Waals surface area contributed by atoms with Gasteiger partial charge in [-0.1, -0.05) is 32.6 Å². The normalized spacial score (nSPS) is 10.9. The molecule has 0 bridgehead atoms. The number of carbonyl (C=O) groups excluding carboxylic acids is 1. The number of carbonyl (C=O) groups is 2. The van der Waals surface area contributed by atoms with Crippen molar-refractivity contribution in [3.05, 3.63) is 0 Å². The molecule has 2 N–H and O–H groups in total. The number of rotatable bonds is 22. The molecule has 0 unspecified atom stereocenters. The summed E-state index contributed by atoms with van der Waals surface area (Å²) in [5.74, 6) is -1.21. The lowest BCUT2D eigenvalue weighted by Gasteiger charge is -2.08. The van der Waals surface area contributed by atoms with E-state index < -0.39 is 5.97 Å². The summed E-state index contributed by atoms with van der Waals surface area (Å²) in [5, 5.41) is 11.1. The molecule has 0 atom stereocenters. The molecule has 8 heteroatoms. The Morgan fingerprint density at radius 1 is 0.679 bits per heavy atom. The first-order chi connectivity index (χ1) is 13.7. The van der Waals surface area contributed by atoms with Gasteiger partial charge in [-0.25, -0.2) is 0 Å². The average Bonchev–Trinajstić information content (AvgIpc) is 2.68. The summed E-state index contributed by atoms with van der Waals surface area (Å²) in [5.41, 5.74) is 0. The van der Waals surface area contributed by atoms with Crippen molar-refractivity contribution in [1.29, 1.82) is 0 Å². The molecule has 0 aromatic heterocycles. The van der Waals surface area contributed by atoms with Crippen molar-refractivity contribution in [1.82, 2.24) is 5.32 Å². The molecule has 0 rings (SSSR count). The Hall–Kier alpha value is -1.22. The Morgan fingerprint density at radius 3 is 1.71 bits per heavy atom. The number of unbranched alkanes of at least 4 members (excludes halogenated alkanes) is 4. The molecular weight excluding hydrogens is 366 g/mol. The molecule has 0 aromatic rings. The minimum absolute atomic E-state index is 0.0112. The van der Waals surface area contributed by atoms with Gasteiger partial charge in [0.1, 0.15) is 0 Å². The van der Waals surface area contributed by atoms with Crippen molar-refractivity contribution in [3.8, 4) is 0 Å². The van der Waals surface area contributed by atoms with Gasteiger partial charge in [0.25, 0.3) is 0 Å². The van der Waals surface area contributed by atoms with E-state index in [1.807, 2.05) is 0 Å². The number of carboxylic acids is 1. The molecule has 8 nitrogen and oxygen atoms in total. The largest absolute Gasteiger partial charge is 0.481 e. The van der Waals surface area contributed by atoms with Gasteiger partial charge in [-0.3, -0.25) is 9.59 Å². The van der Waals surface area contributed by atoms with Crippen molar-refractivity contribution in [2.45, 2.75) is 58.3 Å². The van der Waals surface area contributed by atoms with Crippen molar-refractivity contribution >= 4 is 11.9 Å². The van der Waals surface area contributed by atoms with Crippen LogP contribution in [0.1, 0.15) is 58.3 Å². The Morgan fingerprint density at radius 2 is 1.18 bits per heavy atom. The van der Waals surface area contributed by atoms with E-state index in [1.165, 1.54) is 25.7 Å². The maximum atomic E-state index is 11.3. The van der Waals surface area contributed by atoms with Crippen LogP contribution in [0, 0.1) is 0 Å². The number of hydrogen-bond donors (Lipinski definition) is 2. The zero-order valence-electron chi connectivity index (χ0n) is 17.4. The standard InChI is InChI=1S/C20H39NO7/c1-2-3-4-5-6-11-25-13-15-27-17-18-28-16-14-26-12-7-10-21-19(22)8-9-20(23)24/h2-18H2,1H3,(H,21,22)(H,23,24). The minimum Gasteiger partial charge on any atom is -0.481 e. The second kappa shape index (κ2) is 22.1. The van der Waals surface area contributed by atoms with Crippen LogP contribution < -0.4 is 5.32 Å². The summed E-state index contributed by atoms with van der Waals surface area (Å²) < 4.78 is 21.7. The molecule has 0 heterocycles. The summed E-state index contributed by atoms with van der Waals surface area (Å²) in [6, 6.07) is 0. The third-order valence-electron chi connectivity index (χ3n) is 3.86. The van der Waals surface area contributed by atoms with E-state index in [0.29, 0.717) is 59.2 Å². The van der Waals surface area contributed by atoms with E-state index in [2.05, 4.69) is 12.2 Å². The van der Waals surface area contributed by atoms with Crippen LogP contribution in [0.2, 0.25) is 0 Å². The zero-order chi connectivity index (χ0) is 20.7. The molecule has 1 amide bonds. The van der Waals surface area contributed by atoms with Crippen LogP contribution in [0.4, 0.5) is 0 Å². The van der Waals surface area contributed by atoms with E-state index in [-0.39, 0.29) is 18.7 Å². The van der Waals surface area contributed by atoms with E-state index in [0.717, 1.165) is 13.0 Å². The first-order valence-corrected chi connectivity index (χ1v) is 10.5. The SMILES string of the molecule is CCCCCCCOCCOCCOCCOCCCNC(=O)CCC(=O)O. The third kappa shape index (κ3) is 22.8. The summed E-state index contributed by atoms with van der Waals surface area (Å²) in [6.07, 6.45) is 6.78. The summed E-state index contributed by atoms with van der Waals surface area (Å²) in [4.78, 5) is 21.6. The zero-order valence-corrected chi connectivity index (χ0v) is 17.4. The van der Waals surface area contributed by atoms with Crippen LogP contribution in [0.3, 0.4) is 0 Å². The monoisotopic (exact) mass is 405 g/mol. The van der Waals surface area contributed by atoms with Crippen molar-refractivity contribution in [2.75, 3.05) is 59.4 Å². The van der Waals surface area contributed by atoms with Gasteiger partial charge in [0.2, 0.25) is 5.91 Å². The lowest BCUT2D eigenvalue weighted by molar-refractivity contribution is -0.138. The lowest BCUT2D eigenvalue weighted by atomic mass is 10.2. The van der Waals surface area contributed by atoms with Crippen LogP contribution in [0.15, 0.2) is 0 Å². The molecule has 0 aliphatic carbocycles. The van der Waals surface area contributed by atoms with Crippen molar-refractivity contribution in [2.24, 2.45) is 0 Å². The van der Waals surface area contributed by atoms with Gasteiger partial charge in [0.05, 0.1) is 46.1 Å². The van der Waals surface area contributed by atoms with Gasteiger partial charge in [0, 0.05) is 26.2 Å². The van der Waals surface area contributed by atoms with E-state index in [9.17, 15) is 9.59 Å². The minimum atomic E-state index is -0.967. The second-order valence-electron chi connectivity index (χ2n) is 6.46. The number of aliphatic carboxylic acids is 1. The molecule has 0 saturated heterocycles. The smallest absolute Gasteiger partial charge is 0.303 e. The fraction of sp³-hybridized carbons (Fsp3) is 0.900. The number of ether oxygens (including phenoxy) is 4. The molecule has 0 aliphatic heterocycles. The highest BCUT2D eigenvalue weighted by atomic mass is 16.6. The molecule has 0 aliphatic rings. The van der Waals surface area contributed by atoms with Gasteiger partial charge in [-0.2, -0.15) is 0 Å². The summed E-state index contributed by atoms with van der Waals surface area (Å²) in [7, 11) is 0. The maximum absolute atomic E-state index is 11.3. The molecule has 0 radical (unpaired) electrons. The van der Waals surface area contributed by atoms with Crippen molar-refractivity contribution in [3.63, 3.8) is 0 Å². The van der Waals surface area contributed by atoms with Crippen LogP contribution in [0.5, 0.6) is 0 Å². The van der Waals surface area contributed by atoms with Crippen LogP contribution in [-0.2, 0) is 28.5 Å². The number of amides is 1. The van der Waals surface area contributed by atoms with Gasteiger partial charge >= 0.3 is 5.97 Å². The summed E-state index contributed by atoms with van der Waals surface area (Å²) in [6.45, 7) is 7.31. The number of hydrogen-bond acceptors (Lipinski definition) is 6. The predicted molar refractivity (Wildman–Crippen MR) is 107 cm³/mol. The quantitative estimate of drug-likeness (QED) is 0.267. The van der Waals surface area contributed by atoms with Crippen LogP contribution in [-0.4, -0.2) is 76.4 Å². The van der Waals surface area contributed by atoms with E-state index in [1.54, 1.807) is 0 Å². The molecule has 0 spiro atoms. The molecule has 166 valence electrons. The summed E-state index contributed by atoms with van der Waals surface area (Å²) >= 11 is 0. The van der Waals surface area contributed by atoms with Crippen molar-refractivity contribution < 1.29 is 33.6 Å². The first kappa shape index (κ1) is 26.8. The average molecular weight is 406 g/mol. The predicted octanol–water partition coefficient (Wildman–Crippen LogP) is 2.39. The molecule has 0 fully saturated rings. The van der Waals surface area contributed by atoms with Gasteiger partial charge in [0.15, 0.2) is 0 Å². The molecule has 0 aromatic carbocycles. The topological polar surface area (TPSA) is 103 Å². The van der Waals surface area contributed by atoms with E-state index >= 15 is 0 Å². The first-order valence-electron chi connectivity index (χ1n) is 10.5. The number of nitrogens with one attached hydrogen (secondary N) is 1. The fourth-order valence-electron chi connectivity index (χ4n) is 2.28. The Balaban J connectivity index is 3.08. The Bertz CT molecular complexity index is 366. The van der Waals surface area contributed by atoms with Crippen LogP contribution in [0.25, 0.3) is 0 Å². The van der Waals surface area contributed by atoms with E-state index in [4.69, 9.17) is 24.1 Å². The fourth-order valence-corrected chi connectivity index (χ4v) is 2.28.